The van der Waals surface area contributed by atoms with Crippen LogP contribution in [-0.2, 0) is 16.2 Å². The molecule has 4 fully saturated rings. The first-order chi connectivity index (χ1) is 27.8. The van der Waals surface area contributed by atoms with Crippen LogP contribution < -0.4 is 20.3 Å². The summed E-state index contributed by atoms with van der Waals surface area (Å²) in [7, 11) is 5.50. The Morgan fingerprint density at radius 3 is 2.21 bits per heavy atom. The number of hydroxylamine groups is 2. The van der Waals surface area contributed by atoms with E-state index in [4.69, 9.17) is 9.57 Å². The Morgan fingerprint density at radius 1 is 0.966 bits per heavy atom. The number of rotatable bonds is 14. The van der Waals surface area contributed by atoms with Gasteiger partial charge in [0.1, 0.15) is 17.9 Å². The SMILES string of the molecule is COc1c(CN2O[C@@H](CO)[C@H]([C@H](C)O)C2C(=O)N[C@H]2C[C@H]3C[C@@H]([C@@H]2C)C3(C)C)cccc1-c1cc(C(=O)NCC(c2ccccc2)c2ccccc2)cc(N(C)C)c1. The van der Waals surface area contributed by atoms with Crippen molar-refractivity contribution in [2.24, 2.45) is 29.1 Å². The molecule has 3 aliphatic carbocycles. The number of hydrogen-bond donors (Lipinski definition) is 4. The number of para-hydroxylation sites is 1. The molecular formula is C48H60N4O6. The summed E-state index contributed by atoms with van der Waals surface area (Å²) in [6, 6.07) is 31.2. The third kappa shape index (κ3) is 8.12. The molecule has 2 amide bonds. The molecule has 4 aromatic rings. The number of carbonyl (C=O) groups is 2. The first kappa shape index (κ1) is 41.4. The minimum Gasteiger partial charge on any atom is -0.496 e. The Morgan fingerprint density at radius 2 is 1.64 bits per heavy atom. The Labute approximate surface area is 343 Å². The molecule has 1 unspecified atom stereocenters. The third-order valence-electron chi connectivity index (χ3n) is 13.6. The van der Waals surface area contributed by atoms with E-state index in [0.717, 1.165) is 39.9 Å². The molecule has 2 bridgehead atoms. The summed E-state index contributed by atoms with van der Waals surface area (Å²) in [6.45, 7) is 8.80. The standard InChI is InChI=1S/C48H60N4O6/c1-29-40-24-36(48(40,3)4)25-41(29)50-47(56)44-43(30(2)54)42(28-53)58-52(44)27-33-19-14-20-38(45(33)57-7)34-21-35(23-37(22-34)51(5)6)46(55)49-26-39(31-15-10-8-11-16-31)32-17-12-9-13-18-32/h8-23,29-30,36,39-44,53-54H,24-28H2,1-7H3,(H,49,55)(H,50,56)/t29-,30-,36+,40-,41-,42-,43-,44?/m0/s1. The number of benzene rings is 4. The maximum absolute atomic E-state index is 14.3. The molecule has 0 aromatic heterocycles. The van der Waals surface area contributed by atoms with E-state index in [1.165, 1.54) is 6.42 Å². The van der Waals surface area contributed by atoms with Crippen molar-refractivity contribution >= 4 is 17.5 Å². The van der Waals surface area contributed by atoms with Crippen molar-refractivity contribution in [3.63, 3.8) is 0 Å². The molecule has 3 saturated carbocycles. The van der Waals surface area contributed by atoms with Crippen LogP contribution in [0.3, 0.4) is 0 Å². The Bertz CT molecular complexity index is 2020. The van der Waals surface area contributed by atoms with E-state index in [9.17, 15) is 19.8 Å². The maximum Gasteiger partial charge on any atom is 0.251 e. The highest BCUT2D eigenvalue weighted by Crippen LogP contribution is 2.61. The Hall–Kier alpha value is -4.74. The predicted octanol–water partition coefficient (Wildman–Crippen LogP) is 6.65. The van der Waals surface area contributed by atoms with Crippen molar-refractivity contribution in [2.75, 3.05) is 39.3 Å². The number of amides is 2. The average molecular weight is 789 g/mol. The third-order valence-corrected chi connectivity index (χ3v) is 13.6. The number of hydrogen-bond acceptors (Lipinski definition) is 8. The van der Waals surface area contributed by atoms with Crippen molar-refractivity contribution in [3.05, 3.63) is 119 Å². The van der Waals surface area contributed by atoms with Gasteiger partial charge < -0.3 is 30.5 Å². The largest absolute Gasteiger partial charge is 0.496 e. The van der Waals surface area contributed by atoms with Crippen LogP contribution in [0, 0.1) is 29.1 Å². The van der Waals surface area contributed by atoms with Gasteiger partial charge in [0.15, 0.2) is 0 Å². The summed E-state index contributed by atoms with van der Waals surface area (Å²) in [5, 5.41) is 29.6. The lowest BCUT2D eigenvalue weighted by Crippen LogP contribution is -2.62. The van der Waals surface area contributed by atoms with E-state index in [1.54, 1.807) is 19.1 Å². The average Bonchev–Trinajstić information content (AvgIpc) is 3.60. The fourth-order valence-electron chi connectivity index (χ4n) is 10.1. The van der Waals surface area contributed by atoms with Gasteiger partial charge in [-0.05, 0) is 77.8 Å². The summed E-state index contributed by atoms with van der Waals surface area (Å²) in [5.74, 6) is 0.950. The van der Waals surface area contributed by atoms with Crippen molar-refractivity contribution < 1.29 is 29.4 Å². The van der Waals surface area contributed by atoms with Crippen molar-refractivity contribution in [2.45, 2.75) is 77.3 Å². The van der Waals surface area contributed by atoms with Crippen molar-refractivity contribution in [1.29, 1.82) is 0 Å². The van der Waals surface area contributed by atoms with Gasteiger partial charge in [-0.2, -0.15) is 5.06 Å². The quantitative estimate of drug-likeness (QED) is 0.112. The topological polar surface area (TPSA) is 124 Å². The highest BCUT2D eigenvalue weighted by molar-refractivity contribution is 5.97. The van der Waals surface area contributed by atoms with Gasteiger partial charge in [0.2, 0.25) is 5.91 Å². The van der Waals surface area contributed by atoms with Gasteiger partial charge in [-0.1, -0.05) is 99.6 Å². The molecule has 4 aromatic carbocycles. The lowest BCUT2D eigenvalue weighted by atomic mass is 9.45. The molecule has 10 nitrogen and oxygen atoms in total. The molecule has 4 N–H and O–H groups in total. The van der Waals surface area contributed by atoms with Crippen molar-refractivity contribution in [3.8, 4) is 16.9 Å². The Balaban J connectivity index is 1.16. The number of aliphatic hydroxyl groups excluding tert-OH is 2. The van der Waals surface area contributed by atoms with Gasteiger partial charge in [0, 0.05) is 60.9 Å². The molecule has 308 valence electrons. The molecule has 1 aliphatic heterocycles. The Kier molecular flexibility index (Phi) is 12.3. The summed E-state index contributed by atoms with van der Waals surface area (Å²) < 4.78 is 6.12. The number of aliphatic hydroxyl groups is 2. The van der Waals surface area contributed by atoms with Crippen LogP contribution in [0.15, 0.2) is 97.1 Å². The minimum atomic E-state index is -0.906. The van der Waals surface area contributed by atoms with Gasteiger partial charge in [-0.15, -0.1) is 0 Å². The van der Waals surface area contributed by atoms with E-state index in [0.29, 0.717) is 35.6 Å². The van der Waals surface area contributed by atoms with Crippen molar-refractivity contribution in [1.82, 2.24) is 15.7 Å². The van der Waals surface area contributed by atoms with Crippen LogP contribution in [0.1, 0.15) is 73.5 Å². The zero-order chi connectivity index (χ0) is 41.3. The number of fused-ring (bicyclic) bond motifs is 2. The van der Waals surface area contributed by atoms with E-state index in [1.807, 2.05) is 91.8 Å². The van der Waals surface area contributed by atoms with E-state index < -0.39 is 24.2 Å². The molecule has 1 heterocycles. The summed E-state index contributed by atoms with van der Waals surface area (Å²) in [5.41, 5.74) is 6.19. The van der Waals surface area contributed by atoms with Crippen LogP contribution in [0.25, 0.3) is 11.1 Å². The lowest BCUT2D eigenvalue weighted by Gasteiger charge is -2.62. The van der Waals surface area contributed by atoms with Gasteiger partial charge in [-0.3, -0.25) is 14.4 Å². The molecule has 4 aliphatic rings. The fraction of sp³-hybridized carbons (Fsp3) is 0.458. The van der Waals surface area contributed by atoms with Gasteiger partial charge in [0.25, 0.3) is 5.91 Å². The van der Waals surface area contributed by atoms with Crippen LogP contribution in [0.2, 0.25) is 0 Å². The van der Waals surface area contributed by atoms with Gasteiger partial charge in [-0.25, -0.2) is 0 Å². The molecular weight excluding hydrogens is 729 g/mol. The van der Waals surface area contributed by atoms with Crippen LogP contribution >= 0.6 is 0 Å². The molecule has 8 atom stereocenters. The highest BCUT2D eigenvalue weighted by Gasteiger charge is 2.57. The maximum atomic E-state index is 14.3. The second kappa shape index (κ2) is 17.2. The number of nitrogens with one attached hydrogen (secondary N) is 2. The molecule has 0 radical (unpaired) electrons. The molecule has 1 saturated heterocycles. The number of ether oxygens (including phenoxy) is 1. The van der Waals surface area contributed by atoms with Crippen LogP contribution in [0.4, 0.5) is 5.69 Å². The van der Waals surface area contributed by atoms with Gasteiger partial charge in [0.05, 0.1) is 26.4 Å². The number of anilines is 1. The van der Waals surface area contributed by atoms with E-state index in [2.05, 4.69) is 55.7 Å². The normalized spacial score (nSPS) is 25.4. The lowest BCUT2D eigenvalue weighted by molar-refractivity contribution is -0.183. The smallest absolute Gasteiger partial charge is 0.251 e. The van der Waals surface area contributed by atoms with Gasteiger partial charge >= 0.3 is 0 Å². The molecule has 0 spiro atoms. The first-order valence-electron chi connectivity index (χ1n) is 20.7. The zero-order valence-corrected chi connectivity index (χ0v) is 34.9. The minimum absolute atomic E-state index is 0.0268. The highest BCUT2D eigenvalue weighted by atomic mass is 16.7. The van der Waals surface area contributed by atoms with Crippen LogP contribution in [0.5, 0.6) is 5.75 Å². The second-order valence-corrected chi connectivity index (χ2v) is 17.5. The fourth-order valence-corrected chi connectivity index (χ4v) is 10.1. The first-order valence-corrected chi connectivity index (χ1v) is 20.7. The molecule has 58 heavy (non-hydrogen) atoms. The summed E-state index contributed by atoms with van der Waals surface area (Å²) in [4.78, 5) is 36.6. The monoisotopic (exact) mass is 788 g/mol. The molecule has 8 rings (SSSR count). The number of methoxy groups -OCH3 is 1. The predicted molar refractivity (Wildman–Crippen MR) is 227 cm³/mol. The molecule has 10 heteroatoms. The number of nitrogens with zero attached hydrogens (tertiary/aromatic N) is 2. The number of carbonyl (C=O) groups excluding carboxylic acids is 2. The zero-order valence-electron chi connectivity index (χ0n) is 34.9. The summed E-state index contributed by atoms with van der Waals surface area (Å²) >= 11 is 0. The van der Waals surface area contributed by atoms with E-state index in [-0.39, 0.29) is 42.3 Å². The second-order valence-electron chi connectivity index (χ2n) is 17.5. The van der Waals surface area contributed by atoms with Crippen LogP contribution in [-0.4, -0.2) is 85.7 Å². The van der Waals surface area contributed by atoms with E-state index >= 15 is 0 Å². The summed E-state index contributed by atoms with van der Waals surface area (Å²) in [6.07, 6.45) is 0.457.